The molecule has 0 aromatic heterocycles. The third-order valence-electron chi connectivity index (χ3n) is 3.89. The quantitative estimate of drug-likeness (QED) is 0.785. The number of amides is 2. The van der Waals surface area contributed by atoms with E-state index in [0.717, 1.165) is 32.3 Å². The second-order valence-corrected chi connectivity index (χ2v) is 5.56. The number of carboxylic acids is 1. The fraction of sp³-hybridized carbons (Fsp3) is 0.857. The summed E-state index contributed by atoms with van der Waals surface area (Å²) in [6.45, 7) is 2.92. The molecule has 0 aromatic carbocycles. The summed E-state index contributed by atoms with van der Waals surface area (Å²) in [7, 11) is 0. The summed E-state index contributed by atoms with van der Waals surface area (Å²) >= 11 is 0. The van der Waals surface area contributed by atoms with Crippen LogP contribution in [0.15, 0.2) is 0 Å². The number of carboxylic acid groups (broad SMARTS) is 1. The molecule has 0 bridgehead atoms. The molecule has 2 heterocycles. The first-order valence-corrected chi connectivity index (χ1v) is 7.61. The van der Waals surface area contributed by atoms with Gasteiger partial charge in [-0.2, -0.15) is 0 Å². The van der Waals surface area contributed by atoms with E-state index in [9.17, 15) is 9.59 Å². The Balaban J connectivity index is 1.63. The van der Waals surface area contributed by atoms with Crippen LogP contribution in [0.5, 0.6) is 0 Å². The van der Waals surface area contributed by atoms with Crippen molar-refractivity contribution in [3.63, 3.8) is 0 Å². The molecule has 2 N–H and O–H groups in total. The Morgan fingerprint density at radius 3 is 2.67 bits per heavy atom. The van der Waals surface area contributed by atoms with Crippen molar-refractivity contribution in [2.75, 3.05) is 32.9 Å². The van der Waals surface area contributed by atoms with Gasteiger partial charge in [-0.1, -0.05) is 0 Å². The van der Waals surface area contributed by atoms with Crippen LogP contribution >= 0.6 is 0 Å². The van der Waals surface area contributed by atoms with Gasteiger partial charge in [0.1, 0.15) is 0 Å². The van der Waals surface area contributed by atoms with Crippen molar-refractivity contribution in [3.05, 3.63) is 0 Å². The molecule has 2 aliphatic heterocycles. The summed E-state index contributed by atoms with van der Waals surface area (Å²) in [6, 6.07) is 0.0882. The van der Waals surface area contributed by atoms with Gasteiger partial charge in [0.25, 0.3) is 0 Å². The molecule has 0 aliphatic carbocycles. The Bertz CT molecular complexity index is 349. The second kappa shape index (κ2) is 8.19. The van der Waals surface area contributed by atoms with Crippen molar-refractivity contribution < 1.29 is 24.2 Å². The Morgan fingerprint density at radius 2 is 2.05 bits per heavy atom. The normalized spacial score (nSPS) is 23.8. The van der Waals surface area contributed by atoms with E-state index in [0.29, 0.717) is 19.7 Å². The molecular formula is C14H24N2O5. The Hall–Kier alpha value is -1.34. The van der Waals surface area contributed by atoms with Crippen LogP contribution < -0.4 is 5.32 Å². The minimum atomic E-state index is -0.846. The predicted octanol–water partition coefficient (Wildman–Crippen LogP) is 0.831. The molecule has 7 heteroatoms. The van der Waals surface area contributed by atoms with Gasteiger partial charge in [0.2, 0.25) is 0 Å². The smallest absolute Gasteiger partial charge is 0.317 e. The first kappa shape index (κ1) is 16.0. The Labute approximate surface area is 124 Å². The van der Waals surface area contributed by atoms with Gasteiger partial charge >= 0.3 is 12.0 Å². The lowest BCUT2D eigenvalue weighted by atomic mass is 10.1. The maximum Gasteiger partial charge on any atom is 0.317 e. The molecule has 0 aromatic rings. The number of carbonyl (C=O) groups is 2. The molecule has 2 rings (SSSR count). The first-order valence-electron chi connectivity index (χ1n) is 7.61. The molecule has 1 unspecified atom stereocenters. The van der Waals surface area contributed by atoms with Crippen LogP contribution in [0.1, 0.15) is 32.1 Å². The van der Waals surface area contributed by atoms with Crippen molar-refractivity contribution in [1.29, 1.82) is 0 Å². The highest BCUT2D eigenvalue weighted by Crippen LogP contribution is 2.15. The van der Waals surface area contributed by atoms with E-state index >= 15 is 0 Å². The molecule has 0 spiro atoms. The van der Waals surface area contributed by atoms with E-state index in [1.807, 2.05) is 0 Å². The summed E-state index contributed by atoms with van der Waals surface area (Å²) in [6.07, 6.45) is 3.57. The van der Waals surface area contributed by atoms with Crippen LogP contribution in [0.25, 0.3) is 0 Å². The number of ether oxygens (including phenoxy) is 2. The number of nitrogens with one attached hydrogen (secondary N) is 1. The molecule has 120 valence electrons. The van der Waals surface area contributed by atoms with E-state index in [4.69, 9.17) is 14.6 Å². The van der Waals surface area contributed by atoms with Crippen LogP contribution in [0, 0.1) is 0 Å². The topological polar surface area (TPSA) is 88.1 Å². The number of hydrogen-bond acceptors (Lipinski definition) is 4. The number of aliphatic carboxylic acids is 1. The Morgan fingerprint density at radius 1 is 1.29 bits per heavy atom. The van der Waals surface area contributed by atoms with E-state index < -0.39 is 5.97 Å². The number of rotatable bonds is 5. The fourth-order valence-corrected chi connectivity index (χ4v) is 2.66. The van der Waals surface area contributed by atoms with Gasteiger partial charge in [-0.3, -0.25) is 4.79 Å². The molecular weight excluding hydrogens is 276 g/mol. The molecule has 2 saturated heterocycles. The zero-order chi connectivity index (χ0) is 15.1. The average molecular weight is 300 g/mol. The van der Waals surface area contributed by atoms with E-state index in [-0.39, 0.29) is 31.2 Å². The maximum atomic E-state index is 12.1. The molecule has 2 amide bonds. The van der Waals surface area contributed by atoms with Gasteiger partial charge in [0, 0.05) is 19.7 Å². The van der Waals surface area contributed by atoms with Crippen molar-refractivity contribution in [1.82, 2.24) is 10.2 Å². The highest BCUT2D eigenvalue weighted by atomic mass is 16.5. The maximum absolute atomic E-state index is 12.1. The first-order chi connectivity index (χ1) is 10.1. The molecule has 2 aliphatic rings. The standard InChI is InChI=1S/C14H24N2O5/c17-13(18)5-9-21-12-3-6-16(7-4-12)14(19)15-11-2-1-8-20-10-11/h11-12H,1-10H2,(H,15,19)(H,17,18). The molecule has 2 fully saturated rings. The number of likely N-dealkylation sites (tertiary alicyclic amines) is 1. The highest BCUT2D eigenvalue weighted by molar-refractivity contribution is 5.74. The zero-order valence-corrected chi connectivity index (χ0v) is 12.3. The van der Waals surface area contributed by atoms with E-state index in [2.05, 4.69) is 5.32 Å². The molecule has 0 radical (unpaired) electrons. The lowest BCUT2D eigenvalue weighted by molar-refractivity contribution is -0.138. The van der Waals surface area contributed by atoms with Crippen LogP contribution in [0.4, 0.5) is 4.79 Å². The largest absolute Gasteiger partial charge is 0.481 e. The number of urea groups is 1. The highest BCUT2D eigenvalue weighted by Gasteiger charge is 2.25. The van der Waals surface area contributed by atoms with Crippen molar-refractivity contribution >= 4 is 12.0 Å². The molecule has 1 atom stereocenters. The SMILES string of the molecule is O=C(O)CCOC1CCN(C(=O)NC2CCCOC2)CC1. The summed E-state index contributed by atoms with van der Waals surface area (Å²) in [5, 5.41) is 11.6. The van der Waals surface area contributed by atoms with Gasteiger partial charge in [-0.25, -0.2) is 4.79 Å². The zero-order valence-electron chi connectivity index (χ0n) is 12.3. The van der Waals surface area contributed by atoms with Gasteiger partial charge in [-0.15, -0.1) is 0 Å². The minimum absolute atomic E-state index is 0.0301. The molecule has 7 nitrogen and oxygen atoms in total. The van der Waals surface area contributed by atoms with Gasteiger partial charge in [0.15, 0.2) is 0 Å². The predicted molar refractivity (Wildman–Crippen MR) is 75.2 cm³/mol. The average Bonchev–Trinajstić information content (AvgIpc) is 2.48. The molecule has 21 heavy (non-hydrogen) atoms. The van der Waals surface area contributed by atoms with Crippen molar-refractivity contribution in [3.8, 4) is 0 Å². The number of nitrogens with zero attached hydrogens (tertiary/aromatic N) is 1. The van der Waals surface area contributed by atoms with Crippen molar-refractivity contribution in [2.45, 2.75) is 44.2 Å². The second-order valence-electron chi connectivity index (χ2n) is 5.56. The van der Waals surface area contributed by atoms with Crippen molar-refractivity contribution in [2.24, 2.45) is 0 Å². The third kappa shape index (κ3) is 5.51. The third-order valence-corrected chi connectivity index (χ3v) is 3.89. The lowest BCUT2D eigenvalue weighted by Gasteiger charge is -2.33. The van der Waals surface area contributed by atoms with Crippen LogP contribution in [0.3, 0.4) is 0 Å². The number of piperidine rings is 1. The minimum Gasteiger partial charge on any atom is -0.481 e. The summed E-state index contributed by atoms with van der Waals surface area (Å²) in [5.74, 6) is -0.846. The number of carbonyl (C=O) groups excluding carboxylic acids is 1. The summed E-state index contributed by atoms with van der Waals surface area (Å²) < 4.78 is 10.9. The Kier molecular flexibility index (Phi) is 6.25. The van der Waals surface area contributed by atoms with E-state index in [1.54, 1.807) is 4.90 Å². The van der Waals surface area contributed by atoms with E-state index in [1.165, 1.54) is 0 Å². The van der Waals surface area contributed by atoms with Crippen LogP contribution in [-0.4, -0.2) is 67.1 Å². The summed E-state index contributed by atoms with van der Waals surface area (Å²) in [5.41, 5.74) is 0. The summed E-state index contributed by atoms with van der Waals surface area (Å²) in [4.78, 5) is 24.3. The van der Waals surface area contributed by atoms with Gasteiger partial charge < -0.3 is 24.8 Å². The van der Waals surface area contributed by atoms with Crippen LogP contribution in [-0.2, 0) is 14.3 Å². The van der Waals surface area contributed by atoms with Gasteiger partial charge in [0.05, 0.1) is 31.8 Å². The molecule has 0 saturated carbocycles. The number of hydrogen-bond donors (Lipinski definition) is 2. The lowest BCUT2D eigenvalue weighted by Crippen LogP contribution is -2.50. The fourth-order valence-electron chi connectivity index (χ4n) is 2.66. The van der Waals surface area contributed by atoms with Crippen LogP contribution in [0.2, 0.25) is 0 Å². The van der Waals surface area contributed by atoms with Gasteiger partial charge in [-0.05, 0) is 25.7 Å². The monoisotopic (exact) mass is 300 g/mol.